The molecule has 0 spiro atoms. The second-order valence-corrected chi connectivity index (χ2v) is 5.68. The summed E-state index contributed by atoms with van der Waals surface area (Å²) in [4.78, 5) is 15.4. The first-order chi connectivity index (χ1) is 11.7. The predicted octanol–water partition coefficient (Wildman–Crippen LogP) is 4.91. The third-order valence-electron chi connectivity index (χ3n) is 2.49. The van der Waals surface area contributed by atoms with Crippen LogP contribution in [0.1, 0.15) is 16.7 Å². The molecule has 14 heteroatoms. The van der Waals surface area contributed by atoms with Crippen molar-refractivity contribution in [2.24, 2.45) is 10.9 Å². The summed E-state index contributed by atoms with van der Waals surface area (Å²) in [7, 11) is 0. The van der Waals surface area contributed by atoms with E-state index in [2.05, 4.69) is 9.99 Å². The molecule has 26 heavy (non-hydrogen) atoms. The number of nitrogens with two attached hydrogens (primary N) is 1. The molecule has 0 saturated heterocycles. The summed E-state index contributed by atoms with van der Waals surface area (Å²) in [5.74, 6) is -0.936. The first-order valence-electron chi connectivity index (χ1n) is 6.04. The summed E-state index contributed by atoms with van der Waals surface area (Å²) in [6.07, 6.45) is -11.6. The molecule has 0 unspecified atom stereocenters. The van der Waals surface area contributed by atoms with Crippen LogP contribution in [-0.4, -0.2) is 11.9 Å². The summed E-state index contributed by atoms with van der Waals surface area (Å²) in [6, 6.07) is 0.507. The Balaban J connectivity index is 3.16. The first kappa shape index (κ1) is 22.2. The summed E-state index contributed by atoms with van der Waals surface area (Å²) in [5.41, 5.74) is 1.25. The van der Waals surface area contributed by atoms with Crippen LogP contribution in [0.4, 0.5) is 31.1 Å². The predicted molar refractivity (Wildman–Crippen MR) is 81.4 cm³/mol. The lowest BCUT2D eigenvalue weighted by molar-refractivity contribution is -0.143. The molecule has 0 saturated carbocycles. The van der Waals surface area contributed by atoms with Crippen LogP contribution in [0.15, 0.2) is 33.0 Å². The summed E-state index contributed by atoms with van der Waals surface area (Å²) < 4.78 is 75.9. The number of halogens is 9. The Labute approximate surface area is 156 Å². The minimum Gasteiger partial charge on any atom is -0.380 e. The van der Waals surface area contributed by atoms with Gasteiger partial charge in [-0.3, -0.25) is 10.2 Å². The van der Waals surface area contributed by atoms with Gasteiger partial charge in [0.2, 0.25) is 0 Å². The highest BCUT2D eigenvalue weighted by Crippen LogP contribution is 2.36. The molecule has 5 nitrogen and oxygen atoms in total. The number of nitrogens with zero attached hydrogens (tertiary/aromatic N) is 1. The monoisotopic (exact) mass is 443 g/mol. The number of oxime groups is 1. The normalized spacial score (nSPS) is 12.6. The average Bonchev–Trinajstić information content (AvgIpc) is 2.50. The lowest BCUT2D eigenvalue weighted by atomic mass is 10.0. The molecule has 1 aromatic rings. The van der Waals surface area contributed by atoms with Crippen molar-refractivity contribution < 1.29 is 36.0 Å². The largest absolute Gasteiger partial charge is 0.438 e. The third kappa shape index (κ3) is 6.46. The van der Waals surface area contributed by atoms with Gasteiger partial charge in [-0.15, -0.1) is 0 Å². The molecule has 0 aromatic heterocycles. The van der Waals surface area contributed by atoms with Crippen molar-refractivity contribution in [3.63, 3.8) is 0 Å². The topological polar surface area (TPSA) is 76.7 Å². The van der Waals surface area contributed by atoms with Gasteiger partial charge in [-0.2, -0.15) is 26.3 Å². The minimum atomic E-state index is -5.08. The smallest absolute Gasteiger partial charge is 0.380 e. The zero-order chi connectivity index (χ0) is 20.3. The van der Waals surface area contributed by atoms with Crippen molar-refractivity contribution in [1.82, 2.24) is 5.32 Å². The highest BCUT2D eigenvalue weighted by Gasteiger charge is 2.37. The molecule has 1 aromatic carbocycles. The van der Waals surface area contributed by atoms with Gasteiger partial charge in [0.1, 0.15) is 9.65 Å². The van der Waals surface area contributed by atoms with Gasteiger partial charge in [-0.1, -0.05) is 40.0 Å². The number of benzene rings is 1. The lowest BCUT2D eigenvalue weighted by Gasteiger charge is -2.13. The number of amidine groups is 1. The second kappa shape index (κ2) is 8.23. The maximum Gasteiger partial charge on any atom is 0.438 e. The van der Waals surface area contributed by atoms with Crippen molar-refractivity contribution in [1.29, 1.82) is 0 Å². The molecule has 3 N–H and O–H groups in total. The van der Waals surface area contributed by atoms with E-state index in [4.69, 9.17) is 40.5 Å². The van der Waals surface area contributed by atoms with Gasteiger partial charge >= 0.3 is 18.4 Å². The van der Waals surface area contributed by atoms with Crippen LogP contribution in [0.25, 0.3) is 0 Å². The first-order valence-corrected chi connectivity index (χ1v) is 7.17. The third-order valence-corrected chi connectivity index (χ3v) is 3.34. The van der Waals surface area contributed by atoms with E-state index in [1.54, 1.807) is 5.32 Å². The Morgan fingerprint density at radius 1 is 1.00 bits per heavy atom. The Morgan fingerprint density at radius 3 is 1.85 bits per heavy atom. The second-order valence-electron chi connectivity index (χ2n) is 4.35. The fraction of sp³-hybridized carbons (Fsp3) is 0.167. The summed E-state index contributed by atoms with van der Waals surface area (Å²) in [5, 5.41) is 4.12. The molecular formula is C12H6Cl3F6N3O2. The van der Waals surface area contributed by atoms with Crippen LogP contribution < -0.4 is 11.1 Å². The SMILES string of the molecule is N/C(=N\OC(=O)NC(Cl)=C(Cl)Cl)c1cc(C(F)(F)F)cc(C(F)(F)F)c1. The van der Waals surface area contributed by atoms with Gasteiger partial charge in [0.25, 0.3) is 0 Å². The van der Waals surface area contributed by atoms with Gasteiger partial charge in [0, 0.05) is 5.56 Å². The average molecular weight is 445 g/mol. The van der Waals surface area contributed by atoms with Crippen molar-refractivity contribution in [2.45, 2.75) is 12.4 Å². The fourth-order valence-electron chi connectivity index (χ4n) is 1.41. The Kier molecular flexibility index (Phi) is 7.02. The van der Waals surface area contributed by atoms with E-state index in [-0.39, 0.29) is 6.07 Å². The van der Waals surface area contributed by atoms with Crippen LogP contribution in [0.2, 0.25) is 0 Å². The molecule has 0 aliphatic carbocycles. The molecule has 0 bridgehead atoms. The van der Waals surface area contributed by atoms with Gasteiger partial charge in [0.05, 0.1) is 11.1 Å². The molecular weight excluding hydrogens is 438 g/mol. The number of carbonyl (C=O) groups is 1. The zero-order valence-electron chi connectivity index (χ0n) is 12.0. The molecule has 1 amide bonds. The van der Waals surface area contributed by atoms with E-state index in [0.29, 0.717) is 12.1 Å². The molecule has 0 aliphatic heterocycles. The lowest BCUT2D eigenvalue weighted by Crippen LogP contribution is -2.23. The van der Waals surface area contributed by atoms with Crippen LogP contribution >= 0.6 is 34.8 Å². The summed E-state index contributed by atoms with van der Waals surface area (Å²) >= 11 is 15.8. The van der Waals surface area contributed by atoms with Crippen LogP contribution in [0.3, 0.4) is 0 Å². The van der Waals surface area contributed by atoms with Crippen LogP contribution in [0.5, 0.6) is 0 Å². The van der Waals surface area contributed by atoms with Crippen LogP contribution in [-0.2, 0) is 17.2 Å². The van der Waals surface area contributed by atoms with E-state index in [1.165, 1.54) is 0 Å². The molecule has 0 heterocycles. The van der Waals surface area contributed by atoms with Gasteiger partial charge in [-0.05, 0) is 18.2 Å². The Morgan fingerprint density at radius 2 is 1.46 bits per heavy atom. The number of carbonyl (C=O) groups excluding carboxylic acids is 1. The van der Waals surface area contributed by atoms with Gasteiger partial charge in [-0.25, -0.2) is 4.79 Å². The minimum absolute atomic E-state index is 0.0998. The molecule has 0 atom stereocenters. The number of rotatable bonds is 3. The number of alkyl halides is 6. The van der Waals surface area contributed by atoms with E-state index in [1.807, 2.05) is 0 Å². The molecule has 144 valence electrons. The molecule has 0 radical (unpaired) electrons. The number of nitrogens with one attached hydrogen (secondary N) is 1. The Bertz CT molecular complexity index is 725. The van der Waals surface area contributed by atoms with E-state index in [9.17, 15) is 31.1 Å². The number of amides is 1. The number of hydrogen-bond donors (Lipinski definition) is 2. The van der Waals surface area contributed by atoms with E-state index in [0.717, 1.165) is 0 Å². The zero-order valence-corrected chi connectivity index (χ0v) is 14.2. The van der Waals surface area contributed by atoms with Crippen molar-refractivity contribution in [3.05, 3.63) is 44.5 Å². The van der Waals surface area contributed by atoms with Gasteiger partial charge in [0.15, 0.2) is 5.84 Å². The maximum atomic E-state index is 12.7. The fourth-order valence-corrected chi connectivity index (χ4v) is 1.58. The maximum absolute atomic E-state index is 12.7. The highest BCUT2D eigenvalue weighted by atomic mass is 35.5. The van der Waals surface area contributed by atoms with Gasteiger partial charge < -0.3 is 5.73 Å². The van der Waals surface area contributed by atoms with E-state index >= 15 is 0 Å². The molecule has 1 rings (SSSR count). The van der Waals surface area contributed by atoms with E-state index < -0.39 is 50.6 Å². The standard InChI is InChI=1S/C12H6Cl3F6N3O2/c13-7(14)8(15)23-10(25)26-24-9(22)4-1-5(11(16,17)18)3-6(2-4)12(19,20)21/h1-3H,(H2,22,24)(H,23,25). The molecule has 0 fully saturated rings. The van der Waals surface area contributed by atoms with Crippen molar-refractivity contribution >= 4 is 46.7 Å². The van der Waals surface area contributed by atoms with Crippen molar-refractivity contribution in [3.8, 4) is 0 Å². The Hall–Kier alpha value is -1.85. The van der Waals surface area contributed by atoms with Crippen LogP contribution in [0, 0.1) is 0 Å². The highest BCUT2D eigenvalue weighted by molar-refractivity contribution is 6.59. The number of hydrogen-bond acceptors (Lipinski definition) is 3. The quantitative estimate of drug-likeness (QED) is 0.174. The molecule has 0 aliphatic rings. The van der Waals surface area contributed by atoms with Crippen molar-refractivity contribution in [2.75, 3.05) is 0 Å². The summed E-state index contributed by atoms with van der Waals surface area (Å²) in [6.45, 7) is 0.